The molecule has 0 fully saturated rings. The largest absolute Gasteiger partial charge is 0.493 e. The molecular formula is C20H21BrN2O4S2. The quantitative estimate of drug-likeness (QED) is 0.461. The Hall–Kier alpha value is -1.97. The van der Waals surface area contributed by atoms with Gasteiger partial charge in [-0.1, -0.05) is 0 Å². The van der Waals surface area contributed by atoms with Gasteiger partial charge in [0.2, 0.25) is 0 Å². The summed E-state index contributed by atoms with van der Waals surface area (Å²) in [6.07, 6.45) is 3.92. The van der Waals surface area contributed by atoms with Crippen LogP contribution in [-0.4, -0.2) is 30.7 Å². The van der Waals surface area contributed by atoms with E-state index in [4.69, 9.17) is 21.7 Å². The number of benzene rings is 1. The van der Waals surface area contributed by atoms with Crippen molar-refractivity contribution in [2.75, 3.05) is 19.0 Å². The first-order valence-corrected chi connectivity index (χ1v) is 11.2. The Bertz CT molecular complexity index is 958. The van der Waals surface area contributed by atoms with Crippen LogP contribution in [0.15, 0.2) is 22.7 Å². The first kappa shape index (κ1) is 21.7. The van der Waals surface area contributed by atoms with Gasteiger partial charge in [0, 0.05) is 10.4 Å². The molecule has 1 aliphatic rings. The minimum absolute atomic E-state index is 0.128. The highest BCUT2D eigenvalue weighted by molar-refractivity contribution is 9.10. The van der Waals surface area contributed by atoms with Crippen LogP contribution in [0.2, 0.25) is 0 Å². The van der Waals surface area contributed by atoms with Gasteiger partial charge in [0.1, 0.15) is 10.8 Å². The van der Waals surface area contributed by atoms with Crippen LogP contribution in [0.25, 0.3) is 0 Å². The summed E-state index contributed by atoms with van der Waals surface area (Å²) in [5, 5.41) is 6.41. The second-order valence-electron chi connectivity index (χ2n) is 6.39. The zero-order valence-electron chi connectivity index (χ0n) is 16.1. The van der Waals surface area contributed by atoms with Gasteiger partial charge in [-0.05, 0) is 84.5 Å². The highest BCUT2D eigenvalue weighted by Gasteiger charge is 2.26. The Kier molecular flexibility index (Phi) is 7.26. The summed E-state index contributed by atoms with van der Waals surface area (Å²) < 4.78 is 11.1. The molecule has 9 heteroatoms. The summed E-state index contributed by atoms with van der Waals surface area (Å²) in [5.74, 6) is -0.0831. The van der Waals surface area contributed by atoms with E-state index in [9.17, 15) is 9.59 Å². The van der Waals surface area contributed by atoms with E-state index >= 15 is 0 Å². The van der Waals surface area contributed by atoms with Crippen LogP contribution in [0.5, 0.6) is 5.75 Å². The fourth-order valence-electron chi connectivity index (χ4n) is 3.20. The van der Waals surface area contributed by atoms with Crippen molar-refractivity contribution >= 4 is 61.5 Å². The number of hydrogen-bond donors (Lipinski definition) is 2. The molecule has 1 heterocycles. The minimum Gasteiger partial charge on any atom is -0.493 e. The van der Waals surface area contributed by atoms with Gasteiger partial charge in [-0.3, -0.25) is 10.1 Å². The molecule has 0 saturated carbocycles. The highest BCUT2D eigenvalue weighted by atomic mass is 79.9. The van der Waals surface area contributed by atoms with E-state index in [-0.39, 0.29) is 11.0 Å². The van der Waals surface area contributed by atoms with Crippen molar-refractivity contribution in [2.24, 2.45) is 0 Å². The lowest BCUT2D eigenvalue weighted by molar-refractivity contribution is 0.0601. The number of rotatable bonds is 5. The first-order valence-electron chi connectivity index (χ1n) is 9.22. The molecule has 2 aromatic rings. The maximum absolute atomic E-state index is 12.5. The second-order valence-corrected chi connectivity index (χ2v) is 8.76. The lowest BCUT2D eigenvalue weighted by Crippen LogP contribution is -2.34. The summed E-state index contributed by atoms with van der Waals surface area (Å²) in [7, 11) is 1.36. The predicted molar refractivity (Wildman–Crippen MR) is 121 cm³/mol. The Balaban J connectivity index is 1.74. The standard InChI is InChI=1S/C20H21BrN2O4S2/c1-3-27-14-9-8-11(10-13(14)21)17(24)22-20(28)23-18-16(19(25)26-2)12-6-4-5-7-15(12)29-18/h8-10H,3-7H2,1-2H3,(H2,22,23,24,28). The Morgan fingerprint density at radius 2 is 2.03 bits per heavy atom. The molecule has 1 aromatic heterocycles. The van der Waals surface area contributed by atoms with Crippen LogP contribution in [0.1, 0.15) is 50.9 Å². The first-order chi connectivity index (χ1) is 13.9. The Morgan fingerprint density at radius 3 is 2.72 bits per heavy atom. The van der Waals surface area contributed by atoms with Crippen molar-refractivity contribution in [1.29, 1.82) is 0 Å². The Morgan fingerprint density at radius 1 is 1.28 bits per heavy atom. The molecule has 0 atom stereocenters. The van der Waals surface area contributed by atoms with Gasteiger partial charge in [-0.25, -0.2) is 4.79 Å². The van der Waals surface area contributed by atoms with Crippen LogP contribution in [0, 0.1) is 0 Å². The fraction of sp³-hybridized carbons (Fsp3) is 0.350. The van der Waals surface area contributed by atoms with Crippen LogP contribution in [0.3, 0.4) is 0 Å². The number of hydrogen-bond acceptors (Lipinski definition) is 6. The molecule has 1 aliphatic carbocycles. The van der Waals surface area contributed by atoms with E-state index in [1.54, 1.807) is 18.2 Å². The maximum Gasteiger partial charge on any atom is 0.341 e. The van der Waals surface area contributed by atoms with E-state index in [1.165, 1.54) is 23.3 Å². The molecule has 6 nitrogen and oxygen atoms in total. The average molecular weight is 497 g/mol. The third kappa shape index (κ3) is 4.96. The lowest BCUT2D eigenvalue weighted by atomic mass is 9.95. The molecule has 1 aromatic carbocycles. The third-order valence-corrected chi connectivity index (χ3v) is 6.54. The topological polar surface area (TPSA) is 76.7 Å². The molecule has 0 aliphatic heterocycles. The van der Waals surface area contributed by atoms with Crippen molar-refractivity contribution in [3.8, 4) is 5.75 Å². The van der Waals surface area contributed by atoms with Crippen molar-refractivity contribution in [3.05, 3.63) is 44.2 Å². The summed E-state index contributed by atoms with van der Waals surface area (Å²) in [6.45, 7) is 2.42. The van der Waals surface area contributed by atoms with E-state index in [2.05, 4.69) is 26.6 Å². The van der Waals surface area contributed by atoms with Gasteiger partial charge in [-0.2, -0.15) is 0 Å². The van der Waals surface area contributed by atoms with Crippen LogP contribution < -0.4 is 15.4 Å². The number of fused-ring (bicyclic) bond motifs is 1. The zero-order valence-corrected chi connectivity index (χ0v) is 19.3. The number of anilines is 1. The molecule has 1 amide bonds. The number of aryl methyl sites for hydroxylation is 1. The van der Waals surface area contributed by atoms with Crippen LogP contribution in [0.4, 0.5) is 5.00 Å². The zero-order chi connectivity index (χ0) is 21.0. The fourth-order valence-corrected chi connectivity index (χ4v) is 5.23. The van der Waals surface area contributed by atoms with Gasteiger partial charge in [0.15, 0.2) is 5.11 Å². The maximum atomic E-state index is 12.5. The van der Waals surface area contributed by atoms with E-state index < -0.39 is 5.97 Å². The predicted octanol–water partition coefficient (Wildman–Crippen LogP) is 4.70. The number of esters is 1. The molecule has 0 spiro atoms. The van der Waals surface area contributed by atoms with Gasteiger partial charge >= 0.3 is 5.97 Å². The number of halogens is 1. The van der Waals surface area contributed by atoms with Crippen molar-refractivity contribution in [1.82, 2.24) is 5.32 Å². The number of ether oxygens (including phenoxy) is 2. The van der Waals surface area contributed by atoms with E-state index in [1.807, 2.05) is 6.92 Å². The molecule has 2 N–H and O–H groups in total. The molecule has 0 radical (unpaired) electrons. The second kappa shape index (κ2) is 9.69. The van der Waals surface area contributed by atoms with Crippen LogP contribution >= 0.6 is 39.5 Å². The molecule has 0 unspecified atom stereocenters. The summed E-state index contributed by atoms with van der Waals surface area (Å²) in [6, 6.07) is 5.06. The molecule has 29 heavy (non-hydrogen) atoms. The number of nitrogens with one attached hydrogen (secondary N) is 2. The number of carbonyl (C=O) groups is 2. The van der Waals surface area contributed by atoms with E-state index in [0.29, 0.717) is 33.0 Å². The minimum atomic E-state index is -0.392. The SMILES string of the molecule is CCOc1ccc(C(=O)NC(=S)Nc2sc3c(c2C(=O)OC)CCCC3)cc1Br. The normalized spacial score (nSPS) is 12.7. The smallest absolute Gasteiger partial charge is 0.341 e. The molecule has 0 saturated heterocycles. The number of amides is 1. The summed E-state index contributed by atoms with van der Waals surface area (Å²) >= 11 is 10.2. The molecule has 3 rings (SSSR count). The monoisotopic (exact) mass is 496 g/mol. The molecule has 154 valence electrons. The third-order valence-electron chi connectivity index (χ3n) is 4.51. The lowest BCUT2D eigenvalue weighted by Gasteiger charge is -2.12. The molecular weight excluding hydrogens is 476 g/mol. The van der Waals surface area contributed by atoms with Crippen LogP contribution in [-0.2, 0) is 17.6 Å². The van der Waals surface area contributed by atoms with Gasteiger partial charge in [0.05, 0.1) is 23.8 Å². The summed E-state index contributed by atoms with van der Waals surface area (Å²) in [4.78, 5) is 26.0. The number of thiocarbonyl (C=S) groups is 1. The van der Waals surface area contributed by atoms with Gasteiger partial charge in [0.25, 0.3) is 5.91 Å². The van der Waals surface area contributed by atoms with Crippen molar-refractivity contribution in [3.63, 3.8) is 0 Å². The number of thiophene rings is 1. The highest BCUT2D eigenvalue weighted by Crippen LogP contribution is 2.38. The number of methoxy groups -OCH3 is 1. The Labute approximate surface area is 187 Å². The average Bonchev–Trinajstić information content (AvgIpc) is 3.06. The van der Waals surface area contributed by atoms with Gasteiger partial charge < -0.3 is 14.8 Å². The molecule has 0 bridgehead atoms. The summed E-state index contributed by atoms with van der Waals surface area (Å²) in [5.41, 5.74) is 1.98. The van der Waals surface area contributed by atoms with E-state index in [0.717, 1.165) is 31.2 Å². The number of carbonyl (C=O) groups excluding carboxylic acids is 2. The van der Waals surface area contributed by atoms with Crippen molar-refractivity contribution < 1.29 is 19.1 Å². The van der Waals surface area contributed by atoms with Gasteiger partial charge in [-0.15, -0.1) is 11.3 Å². The van der Waals surface area contributed by atoms with Crippen molar-refractivity contribution in [2.45, 2.75) is 32.6 Å².